The van der Waals surface area contributed by atoms with Crippen LogP contribution in [0.2, 0.25) is 0 Å². The maximum atomic E-state index is 4.76. The normalized spacial score (nSPS) is 12.0. The van der Waals surface area contributed by atoms with Gasteiger partial charge in [-0.15, -0.1) is 22.7 Å². The van der Waals surface area contributed by atoms with Gasteiger partial charge in [0, 0.05) is 17.0 Å². The standard InChI is InChI=1S/C14H20N2S2/c1-5-10-12(9-15-14(2,3)4)18-13(16-10)11-7-6-8-17-11/h6-8,15H,5,9H2,1-4H3. The fourth-order valence-electron chi connectivity index (χ4n) is 1.65. The lowest BCUT2D eigenvalue weighted by Gasteiger charge is -2.20. The van der Waals surface area contributed by atoms with Crippen molar-refractivity contribution in [3.05, 3.63) is 28.1 Å². The van der Waals surface area contributed by atoms with E-state index in [0.717, 1.165) is 18.0 Å². The molecule has 0 atom stereocenters. The van der Waals surface area contributed by atoms with E-state index >= 15 is 0 Å². The predicted molar refractivity (Wildman–Crippen MR) is 81.4 cm³/mol. The van der Waals surface area contributed by atoms with Crippen molar-refractivity contribution in [2.24, 2.45) is 0 Å². The summed E-state index contributed by atoms with van der Waals surface area (Å²) in [4.78, 5) is 7.41. The fourth-order valence-corrected chi connectivity index (χ4v) is 3.54. The van der Waals surface area contributed by atoms with Crippen LogP contribution < -0.4 is 5.32 Å². The zero-order valence-electron chi connectivity index (χ0n) is 11.4. The number of rotatable bonds is 4. The minimum Gasteiger partial charge on any atom is -0.307 e. The van der Waals surface area contributed by atoms with Gasteiger partial charge < -0.3 is 5.32 Å². The largest absolute Gasteiger partial charge is 0.307 e. The Morgan fingerprint density at radius 2 is 2.11 bits per heavy atom. The van der Waals surface area contributed by atoms with Crippen LogP contribution in [0.1, 0.15) is 38.3 Å². The van der Waals surface area contributed by atoms with Crippen molar-refractivity contribution in [3.8, 4) is 9.88 Å². The van der Waals surface area contributed by atoms with E-state index in [-0.39, 0.29) is 5.54 Å². The number of aryl methyl sites for hydroxylation is 1. The molecule has 4 heteroatoms. The second kappa shape index (κ2) is 5.51. The molecule has 0 fully saturated rings. The predicted octanol–water partition coefficient (Wildman–Crippen LogP) is 4.32. The Balaban J connectivity index is 2.20. The van der Waals surface area contributed by atoms with Crippen LogP contribution in [0.3, 0.4) is 0 Å². The molecule has 0 aliphatic heterocycles. The number of thiazole rings is 1. The molecule has 2 aromatic heterocycles. The first kappa shape index (κ1) is 13.7. The van der Waals surface area contributed by atoms with E-state index in [9.17, 15) is 0 Å². The second-order valence-electron chi connectivity index (χ2n) is 5.32. The molecule has 0 amide bonds. The van der Waals surface area contributed by atoms with Crippen molar-refractivity contribution in [1.29, 1.82) is 0 Å². The molecule has 0 aliphatic rings. The Morgan fingerprint density at radius 1 is 1.33 bits per heavy atom. The summed E-state index contributed by atoms with van der Waals surface area (Å²) >= 11 is 3.58. The molecular formula is C14H20N2S2. The van der Waals surface area contributed by atoms with Gasteiger partial charge in [0.2, 0.25) is 0 Å². The molecule has 18 heavy (non-hydrogen) atoms. The highest BCUT2D eigenvalue weighted by molar-refractivity contribution is 7.21. The number of hydrogen-bond donors (Lipinski definition) is 1. The topological polar surface area (TPSA) is 24.9 Å². The van der Waals surface area contributed by atoms with Crippen molar-refractivity contribution in [2.45, 2.75) is 46.2 Å². The number of thiophene rings is 1. The average molecular weight is 280 g/mol. The molecule has 2 aromatic rings. The first-order chi connectivity index (χ1) is 8.49. The lowest BCUT2D eigenvalue weighted by molar-refractivity contribution is 0.425. The van der Waals surface area contributed by atoms with Crippen LogP contribution in [0.15, 0.2) is 17.5 Å². The van der Waals surface area contributed by atoms with Gasteiger partial charge in [-0.05, 0) is 38.6 Å². The SMILES string of the molecule is CCc1nc(-c2cccs2)sc1CNC(C)(C)C. The molecule has 0 saturated heterocycles. The van der Waals surface area contributed by atoms with Crippen molar-refractivity contribution in [3.63, 3.8) is 0 Å². The van der Waals surface area contributed by atoms with E-state index in [1.54, 1.807) is 11.3 Å². The molecule has 0 bridgehead atoms. The first-order valence-electron chi connectivity index (χ1n) is 6.27. The summed E-state index contributed by atoms with van der Waals surface area (Å²) in [6.07, 6.45) is 1.00. The minimum atomic E-state index is 0.151. The van der Waals surface area contributed by atoms with Gasteiger partial charge >= 0.3 is 0 Å². The molecule has 0 saturated carbocycles. The van der Waals surface area contributed by atoms with E-state index in [1.807, 2.05) is 11.3 Å². The Bertz CT molecular complexity index is 492. The van der Waals surface area contributed by atoms with Gasteiger partial charge in [0.1, 0.15) is 5.01 Å². The summed E-state index contributed by atoms with van der Waals surface area (Å²) < 4.78 is 0. The quantitative estimate of drug-likeness (QED) is 0.902. The molecule has 2 rings (SSSR count). The van der Waals surface area contributed by atoms with Gasteiger partial charge in [-0.2, -0.15) is 0 Å². The molecule has 0 radical (unpaired) electrons. The Labute approximate surface area is 117 Å². The monoisotopic (exact) mass is 280 g/mol. The number of hydrogen-bond acceptors (Lipinski definition) is 4. The molecule has 0 aromatic carbocycles. The van der Waals surface area contributed by atoms with Crippen LogP contribution in [-0.2, 0) is 13.0 Å². The number of nitrogens with zero attached hydrogens (tertiary/aromatic N) is 1. The molecule has 0 unspecified atom stereocenters. The van der Waals surface area contributed by atoms with Crippen LogP contribution >= 0.6 is 22.7 Å². The minimum absolute atomic E-state index is 0.151. The van der Waals surface area contributed by atoms with E-state index in [0.29, 0.717) is 0 Å². The van der Waals surface area contributed by atoms with Gasteiger partial charge in [-0.25, -0.2) is 4.98 Å². The second-order valence-corrected chi connectivity index (χ2v) is 7.35. The zero-order chi connectivity index (χ0) is 13.2. The molecule has 1 N–H and O–H groups in total. The molecule has 0 spiro atoms. The van der Waals surface area contributed by atoms with Crippen molar-refractivity contribution < 1.29 is 0 Å². The van der Waals surface area contributed by atoms with Gasteiger partial charge in [0.25, 0.3) is 0 Å². The van der Waals surface area contributed by atoms with Crippen LogP contribution in [-0.4, -0.2) is 10.5 Å². The summed E-state index contributed by atoms with van der Waals surface area (Å²) in [7, 11) is 0. The Hall–Kier alpha value is -0.710. The van der Waals surface area contributed by atoms with Gasteiger partial charge in [-0.1, -0.05) is 13.0 Å². The highest BCUT2D eigenvalue weighted by Crippen LogP contribution is 2.31. The van der Waals surface area contributed by atoms with Crippen molar-refractivity contribution in [2.75, 3.05) is 0 Å². The third-order valence-electron chi connectivity index (χ3n) is 2.62. The van der Waals surface area contributed by atoms with E-state index in [1.165, 1.54) is 15.4 Å². The Kier molecular flexibility index (Phi) is 4.20. The molecule has 0 aliphatic carbocycles. The summed E-state index contributed by atoms with van der Waals surface area (Å²) in [6, 6.07) is 4.23. The van der Waals surface area contributed by atoms with Crippen LogP contribution in [0, 0.1) is 0 Å². The Morgan fingerprint density at radius 3 is 2.67 bits per heavy atom. The maximum Gasteiger partial charge on any atom is 0.133 e. The molecule has 98 valence electrons. The fraction of sp³-hybridized carbons (Fsp3) is 0.500. The average Bonchev–Trinajstić information content (AvgIpc) is 2.94. The lowest BCUT2D eigenvalue weighted by atomic mass is 10.1. The summed E-state index contributed by atoms with van der Waals surface area (Å²) in [5, 5.41) is 6.81. The van der Waals surface area contributed by atoms with Crippen LogP contribution in [0.4, 0.5) is 0 Å². The van der Waals surface area contributed by atoms with Gasteiger partial charge in [-0.3, -0.25) is 0 Å². The van der Waals surface area contributed by atoms with Crippen molar-refractivity contribution in [1.82, 2.24) is 10.3 Å². The molecule has 2 heterocycles. The van der Waals surface area contributed by atoms with E-state index in [4.69, 9.17) is 4.98 Å². The summed E-state index contributed by atoms with van der Waals surface area (Å²) in [5.41, 5.74) is 1.39. The lowest BCUT2D eigenvalue weighted by Crippen LogP contribution is -2.35. The molecular weight excluding hydrogens is 260 g/mol. The van der Waals surface area contributed by atoms with Gasteiger partial charge in [0.15, 0.2) is 0 Å². The highest BCUT2D eigenvalue weighted by Gasteiger charge is 2.14. The maximum absolute atomic E-state index is 4.76. The van der Waals surface area contributed by atoms with Crippen molar-refractivity contribution >= 4 is 22.7 Å². The van der Waals surface area contributed by atoms with Crippen LogP contribution in [0.25, 0.3) is 9.88 Å². The number of aromatic nitrogens is 1. The van der Waals surface area contributed by atoms with E-state index < -0.39 is 0 Å². The summed E-state index contributed by atoms with van der Waals surface area (Å²) in [5.74, 6) is 0. The highest BCUT2D eigenvalue weighted by atomic mass is 32.1. The van der Waals surface area contributed by atoms with Gasteiger partial charge in [0.05, 0.1) is 10.6 Å². The first-order valence-corrected chi connectivity index (χ1v) is 7.96. The summed E-state index contributed by atoms with van der Waals surface area (Å²) in [6.45, 7) is 9.67. The smallest absolute Gasteiger partial charge is 0.133 e. The third kappa shape index (κ3) is 3.40. The van der Waals surface area contributed by atoms with Crippen LogP contribution in [0.5, 0.6) is 0 Å². The molecule has 2 nitrogen and oxygen atoms in total. The zero-order valence-corrected chi connectivity index (χ0v) is 13.0. The third-order valence-corrected chi connectivity index (χ3v) is 4.76. The van der Waals surface area contributed by atoms with E-state index in [2.05, 4.69) is 50.5 Å². The number of nitrogens with one attached hydrogen (secondary N) is 1.